The van der Waals surface area contributed by atoms with Crippen LogP contribution in [-0.4, -0.2) is 37.1 Å². The molecule has 4 rings (SSSR count). The lowest BCUT2D eigenvalue weighted by Crippen LogP contribution is -2.43. The summed E-state index contributed by atoms with van der Waals surface area (Å²) < 4.78 is 0. The minimum Gasteiger partial charge on any atom is -0.397 e. The molecule has 0 radical (unpaired) electrons. The number of nitrogens with two attached hydrogens (primary N) is 1. The summed E-state index contributed by atoms with van der Waals surface area (Å²) in [4.78, 5) is 19.3. The summed E-state index contributed by atoms with van der Waals surface area (Å²) in [5.41, 5.74) is 9.76. The molecule has 1 aromatic heterocycles. The average Bonchev–Trinajstić information content (AvgIpc) is 2.76. The van der Waals surface area contributed by atoms with Gasteiger partial charge in [-0.3, -0.25) is 4.79 Å². The van der Waals surface area contributed by atoms with Gasteiger partial charge in [-0.1, -0.05) is 36.4 Å². The summed E-state index contributed by atoms with van der Waals surface area (Å²) in [5.74, 6) is 0.667. The Kier molecular flexibility index (Phi) is 5.21. The Morgan fingerprint density at radius 3 is 2.50 bits per heavy atom. The molecule has 1 amide bonds. The molecule has 0 saturated carbocycles. The topological polar surface area (TPSA) is 83.3 Å². The highest BCUT2D eigenvalue weighted by Gasteiger charge is 2.14. The van der Waals surface area contributed by atoms with Gasteiger partial charge >= 0.3 is 0 Å². The van der Waals surface area contributed by atoms with E-state index < -0.39 is 0 Å². The summed E-state index contributed by atoms with van der Waals surface area (Å²) in [6.07, 6.45) is 1.62. The number of nitrogens with one attached hydrogen (secondary N) is 2. The first-order chi connectivity index (χ1) is 13.7. The van der Waals surface area contributed by atoms with Crippen molar-refractivity contribution >= 4 is 23.1 Å². The number of carbonyl (C=O) groups is 1. The second-order valence-corrected chi connectivity index (χ2v) is 6.76. The van der Waals surface area contributed by atoms with Crippen molar-refractivity contribution in [2.24, 2.45) is 0 Å². The van der Waals surface area contributed by atoms with E-state index in [1.807, 2.05) is 54.6 Å². The molecule has 142 valence electrons. The summed E-state index contributed by atoms with van der Waals surface area (Å²) >= 11 is 0. The van der Waals surface area contributed by atoms with E-state index in [0.717, 1.165) is 43.1 Å². The SMILES string of the molecule is Nc1ccc(-c2ccccc2)cc1NC(=O)c1ccc(N2CCNCC2)nc1. The molecule has 0 aliphatic carbocycles. The van der Waals surface area contributed by atoms with Crippen LogP contribution in [0.3, 0.4) is 0 Å². The Balaban J connectivity index is 1.50. The molecule has 0 spiro atoms. The van der Waals surface area contributed by atoms with Gasteiger partial charge in [0.25, 0.3) is 5.91 Å². The maximum atomic E-state index is 12.7. The van der Waals surface area contributed by atoms with Crippen molar-refractivity contribution in [3.05, 3.63) is 72.4 Å². The monoisotopic (exact) mass is 373 g/mol. The van der Waals surface area contributed by atoms with Crippen LogP contribution in [-0.2, 0) is 0 Å². The fraction of sp³-hybridized carbons (Fsp3) is 0.182. The largest absolute Gasteiger partial charge is 0.397 e. The number of hydrogen-bond acceptors (Lipinski definition) is 5. The number of pyridine rings is 1. The smallest absolute Gasteiger partial charge is 0.257 e. The first kappa shape index (κ1) is 18.0. The van der Waals surface area contributed by atoms with E-state index >= 15 is 0 Å². The normalized spacial score (nSPS) is 13.9. The highest BCUT2D eigenvalue weighted by molar-refractivity contribution is 6.06. The third-order valence-electron chi connectivity index (χ3n) is 4.86. The molecule has 1 saturated heterocycles. The van der Waals surface area contributed by atoms with Crippen LogP contribution in [0.15, 0.2) is 66.9 Å². The molecule has 3 aromatic rings. The lowest BCUT2D eigenvalue weighted by atomic mass is 10.0. The second-order valence-electron chi connectivity index (χ2n) is 6.76. The third-order valence-corrected chi connectivity index (χ3v) is 4.86. The molecular formula is C22H23N5O. The molecule has 1 aliphatic rings. The standard InChI is InChI=1S/C22H23N5O/c23-19-8-6-17(16-4-2-1-3-5-16)14-20(19)26-22(28)18-7-9-21(25-15-18)27-12-10-24-11-13-27/h1-9,14-15,24H,10-13,23H2,(H,26,28). The van der Waals surface area contributed by atoms with E-state index in [4.69, 9.17) is 5.73 Å². The van der Waals surface area contributed by atoms with Gasteiger partial charge in [0.15, 0.2) is 0 Å². The average molecular weight is 373 g/mol. The fourth-order valence-corrected chi connectivity index (χ4v) is 3.27. The Morgan fingerprint density at radius 2 is 1.79 bits per heavy atom. The zero-order valence-corrected chi connectivity index (χ0v) is 15.6. The predicted molar refractivity (Wildman–Crippen MR) is 114 cm³/mol. The van der Waals surface area contributed by atoms with Gasteiger partial charge in [0.1, 0.15) is 5.82 Å². The van der Waals surface area contributed by atoms with Crippen molar-refractivity contribution in [2.45, 2.75) is 0 Å². The van der Waals surface area contributed by atoms with E-state index in [0.29, 0.717) is 16.9 Å². The molecule has 1 fully saturated rings. The van der Waals surface area contributed by atoms with Crippen molar-refractivity contribution in [2.75, 3.05) is 42.1 Å². The number of nitrogens with zero attached hydrogens (tertiary/aromatic N) is 2. The Bertz CT molecular complexity index is 950. The molecule has 4 N–H and O–H groups in total. The molecule has 1 aliphatic heterocycles. The van der Waals surface area contributed by atoms with Crippen LogP contribution < -0.4 is 21.3 Å². The molecule has 2 heterocycles. The number of aromatic nitrogens is 1. The van der Waals surface area contributed by atoms with Crippen LogP contribution >= 0.6 is 0 Å². The number of piperazine rings is 1. The lowest BCUT2D eigenvalue weighted by Gasteiger charge is -2.28. The number of anilines is 3. The maximum absolute atomic E-state index is 12.7. The van der Waals surface area contributed by atoms with Crippen molar-refractivity contribution in [1.29, 1.82) is 0 Å². The van der Waals surface area contributed by atoms with Crippen molar-refractivity contribution < 1.29 is 4.79 Å². The molecule has 28 heavy (non-hydrogen) atoms. The van der Waals surface area contributed by atoms with Gasteiger partial charge < -0.3 is 21.3 Å². The minimum atomic E-state index is -0.226. The number of amides is 1. The van der Waals surface area contributed by atoms with Gasteiger partial charge in [-0.2, -0.15) is 0 Å². The number of carbonyl (C=O) groups excluding carboxylic acids is 1. The number of nitrogen functional groups attached to an aromatic ring is 1. The first-order valence-corrected chi connectivity index (χ1v) is 9.39. The number of hydrogen-bond donors (Lipinski definition) is 3. The van der Waals surface area contributed by atoms with Gasteiger partial charge in [-0.15, -0.1) is 0 Å². The Hall–Kier alpha value is -3.38. The summed E-state index contributed by atoms with van der Waals surface area (Å²) in [5, 5.41) is 6.23. The molecule has 0 atom stereocenters. The van der Waals surface area contributed by atoms with Crippen molar-refractivity contribution in [3.63, 3.8) is 0 Å². The fourth-order valence-electron chi connectivity index (χ4n) is 3.27. The maximum Gasteiger partial charge on any atom is 0.257 e. The number of rotatable bonds is 4. The zero-order chi connectivity index (χ0) is 19.3. The van der Waals surface area contributed by atoms with E-state index in [-0.39, 0.29) is 5.91 Å². The molecule has 2 aromatic carbocycles. The third kappa shape index (κ3) is 3.97. The van der Waals surface area contributed by atoms with Gasteiger partial charge in [0.2, 0.25) is 0 Å². The van der Waals surface area contributed by atoms with Gasteiger partial charge in [-0.25, -0.2) is 4.98 Å². The predicted octanol–water partition coefficient (Wildman–Crippen LogP) is 2.99. The van der Waals surface area contributed by atoms with E-state index in [1.165, 1.54) is 0 Å². The quantitative estimate of drug-likeness (QED) is 0.613. The van der Waals surface area contributed by atoms with Crippen LogP contribution in [0.2, 0.25) is 0 Å². The van der Waals surface area contributed by atoms with Crippen LogP contribution in [0.1, 0.15) is 10.4 Å². The first-order valence-electron chi connectivity index (χ1n) is 9.39. The van der Waals surface area contributed by atoms with Crippen LogP contribution in [0, 0.1) is 0 Å². The number of benzene rings is 2. The van der Waals surface area contributed by atoms with Crippen LogP contribution in [0.4, 0.5) is 17.2 Å². The summed E-state index contributed by atoms with van der Waals surface area (Å²) in [6.45, 7) is 3.73. The summed E-state index contributed by atoms with van der Waals surface area (Å²) in [7, 11) is 0. The van der Waals surface area contributed by atoms with Crippen molar-refractivity contribution in [3.8, 4) is 11.1 Å². The van der Waals surface area contributed by atoms with Crippen molar-refractivity contribution in [1.82, 2.24) is 10.3 Å². The van der Waals surface area contributed by atoms with Crippen LogP contribution in [0.5, 0.6) is 0 Å². The van der Waals surface area contributed by atoms with Crippen LogP contribution in [0.25, 0.3) is 11.1 Å². The zero-order valence-electron chi connectivity index (χ0n) is 15.6. The van der Waals surface area contributed by atoms with E-state index in [2.05, 4.69) is 20.5 Å². The molecule has 6 heteroatoms. The highest BCUT2D eigenvalue weighted by atomic mass is 16.1. The highest BCUT2D eigenvalue weighted by Crippen LogP contribution is 2.27. The molecule has 6 nitrogen and oxygen atoms in total. The van der Waals surface area contributed by atoms with E-state index in [1.54, 1.807) is 12.3 Å². The second kappa shape index (κ2) is 8.10. The lowest BCUT2D eigenvalue weighted by molar-refractivity contribution is 0.102. The Morgan fingerprint density at radius 1 is 1.00 bits per heavy atom. The van der Waals surface area contributed by atoms with Gasteiger partial charge in [-0.05, 0) is 35.4 Å². The van der Waals surface area contributed by atoms with Gasteiger partial charge in [0.05, 0.1) is 16.9 Å². The molecular weight excluding hydrogens is 350 g/mol. The Labute approximate surface area is 164 Å². The summed E-state index contributed by atoms with van der Waals surface area (Å²) in [6, 6.07) is 19.3. The minimum absolute atomic E-state index is 0.226. The molecule has 0 unspecified atom stereocenters. The molecule has 0 bridgehead atoms. The van der Waals surface area contributed by atoms with Gasteiger partial charge in [0, 0.05) is 32.4 Å². The van der Waals surface area contributed by atoms with E-state index in [9.17, 15) is 4.79 Å².